The third-order valence-corrected chi connectivity index (χ3v) is 3.62. The molecule has 0 aliphatic carbocycles. The predicted octanol–water partition coefficient (Wildman–Crippen LogP) is 4.11. The number of likely N-dealkylation sites (N-methyl/N-ethyl adjacent to an activating group) is 1. The molecule has 1 N–H and O–H groups in total. The van der Waals surface area contributed by atoms with E-state index in [1.807, 2.05) is 55.6 Å². The van der Waals surface area contributed by atoms with E-state index in [0.29, 0.717) is 12.5 Å². The maximum absolute atomic E-state index is 6.28. The largest absolute Gasteiger partial charge is 0.494 e. The van der Waals surface area contributed by atoms with Crippen LogP contribution in [0.2, 0.25) is 5.02 Å². The summed E-state index contributed by atoms with van der Waals surface area (Å²) in [6, 6.07) is 17.9. The lowest BCUT2D eigenvalue weighted by Crippen LogP contribution is -2.19. The van der Waals surface area contributed by atoms with Gasteiger partial charge in [0, 0.05) is 17.5 Å². The van der Waals surface area contributed by atoms with Gasteiger partial charge in [-0.2, -0.15) is 0 Å². The van der Waals surface area contributed by atoms with E-state index in [4.69, 9.17) is 16.3 Å². The molecule has 0 radical (unpaired) electrons. The topological polar surface area (TPSA) is 21.3 Å². The molecule has 0 aliphatic heterocycles. The lowest BCUT2D eigenvalue weighted by atomic mass is 9.96. The van der Waals surface area contributed by atoms with Crippen LogP contribution in [0.4, 0.5) is 0 Å². The van der Waals surface area contributed by atoms with Crippen LogP contribution in [0.3, 0.4) is 0 Å². The van der Waals surface area contributed by atoms with Crippen molar-refractivity contribution >= 4 is 11.6 Å². The minimum atomic E-state index is 0.359. The van der Waals surface area contributed by atoms with Crippen LogP contribution in [0, 0.1) is 0 Å². The number of hydrogen-bond acceptors (Lipinski definition) is 2. The van der Waals surface area contributed by atoms with E-state index in [2.05, 4.69) is 11.4 Å². The molecule has 2 nitrogen and oxygen atoms in total. The van der Waals surface area contributed by atoms with Crippen molar-refractivity contribution in [1.29, 1.82) is 0 Å². The fourth-order valence-corrected chi connectivity index (χ4v) is 2.55. The van der Waals surface area contributed by atoms with Gasteiger partial charge in [-0.1, -0.05) is 48.0 Å². The number of para-hydroxylation sites is 1. The molecule has 1 unspecified atom stereocenters. The number of nitrogens with one attached hydrogen (secondary N) is 1. The Morgan fingerprint density at radius 1 is 1.05 bits per heavy atom. The SMILES string of the molecule is CNCC(CCOc1ccccc1)c1ccccc1Cl. The van der Waals surface area contributed by atoms with Gasteiger partial charge in [0.05, 0.1) is 6.61 Å². The van der Waals surface area contributed by atoms with Crippen molar-refractivity contribution < 1.29 is 4.74 Å². The minimum Gasteiger partial charge on any atom is -0.494 e. The monoisotopic (exact) mass is 289 g/mol. The Morgan fingerprint density at radius 3 is 2.45 bits per heavy atom. The summed E-state index contributed by atoms with van der Waals surface area (Å²) < 4.78 is 5.77. The highest BCUT2D eigenvalue weighted by atomic mass is 35.5. The molecular weight excluding hydrogens is 270 g/mol. The average molecular weight is 290 g/mol. The molecular formula is C17H20ClNO. The quantitative estimate of drug-likeness (QED) is 0.828. The number of benzene rings is 2. The number of hydrogen-bond donors (Lipinski definition) is 1. The smallest absolute Gasteiger partial charge is 0.119 e. The van der Waals surface area contributed by atoms with Crippen LogP contribution in [0.5, 0.6) is 5.75 Å². The molecule has 106 valence electrons. The Hall–Kier alpha value is -1.51. The van der Waals surface area contributed by atoms with Crippen molar-refractivity contribution in [2.24, 2.45) is 0 Å². The van der Waals surface area contributed by atoms with E-state index in [1.54, 1.807) is 0 Å². The molecule has 0 aromatic heterocycles. The van der Waals surface area contributed by atoms with E-state index in [-0.39, 0.29) is 0 Å². The Bertz CT molecular complexity index is 515. The van der Waals surface area contributed by atoms with Gasteiger partial charge in [0.1, 0.15) is 5.75 Å². The zero-order chi connectivity index (χ0) is 14.2. The van der Waals surface area contributed by atoms with Crippen LogP contribution in [-0.2, 0) is 0 Å². The summed E-state index contributed by atoms with van der Waals surface area (Å²) in [6.07, 6.45) is 0.930. The van der Waals surface area contributed by atoms with E-state index in [9.17, 15) is 0 Å². The van der Waals surface area contributed by atoms with Gasteiger partial charge in [-0.25, -0.2) is 0 Å². The second kappa shape index (κ2) is 7.93. The second-order valence-electron chi connectivity index (χ2n) is 4.73. The van der Waals surface area contributed by atoms with Crippen LogP contribution in [0.1, 0.15) is 17.9 Å². The fourth-order valence-electron chi connectivity index (χ4n) is 2.26. The van der Waals surface area contributed by atoms with E-state index in [0.717, 1.165) is 23.7 Å². The molecule has 0 saturated heterocycles. The third-order valence-electron chi connectivity index (χ3n) is 3.27. The summed E-state index contributed by atoms with van der Waals surface area (Å²) in [6.45, 7) is 1.57. The van der Waals surface area contributed by atoms with Crippen LogP contribution in [-0.4, -0.2) is 20.2 Å². The molecule has 2 aromatic rings. The van der Waals surface area contributed by atoms with E-state index in [1.165, 1.54) is 5.56 Å². The molecule has 1 atom stereocenters. The van der Waals surface area contributed by atoms with Gasteiger partial charge in [0.15, 0.2) is 0 Å². The number of halogens is 1. The first kappa shape index (κ1) is 14.9. The molecule has 0 spiro atoms. The molecule has 20 heavy (non-hydrogen) atoms. The highest BCUT2D eigenvalue weighted by Crippen LogP contribution is 2.26. The van der Waals surface area contributed by atoms with Gasteiger partial charge < -0.3 is 10.1 Å². The highest BCUT2D eigenvalue weighted by Gasteiger charge is 2.13. The molecule has 0 amide bonds. The van der Waals surface area contributed by atoms with Gasteiger partial charge in [-0.05, 0) is 37.2 Å². The zero-order valence-corrected chi connectivity index (χ0v) is 12.4. The summed E-state index contributed by atoms with van der Waals surface area (Å²) in [4.78, 5) is 0. The Kier molecular flexibility index (Phi) is 5.90. The summed E-state index contributed by atoms with van der Waals surface area (Å²) in [5, 5.41) is 4.05. The third kappa shape index (κ3) is 4.26. The summed E-state index contributed by atoms with van der Waals surface area (Å²) >= 11 is 6.28. The lowest BCUT2D eigenvalue weighted by Gasteiger charge is -2.18. The Morgan fingerprint density at radius 2 is 1.75 bits per heavy atom. The Balaban J connectivity index is 1.95. The summed E-state index contributed by atoms with van der Waals surface area (Å²) in [5.41, 5.74) is 1.18. The number of ether oxygens (including phenoxy) is 1. The standard InChI is InChI=1S/C17H20ClNO/c1-19-13-14(16-9-5-6-10-17(16)18)11-12-20-15-7-3-2-4-8-15/h2-10,14,19H,11-13H2,1H3. The first-order chi connectivity index (χ1) is 9.81. The molecule has 2 rings (SSSR count). The molecule has 2 aromatic carbocycles. The van der Waals surface area contributed by atoms with E-state index < -0.39 is 0 Å². The molecule has 0 fully saturated rings. The maximum Gasteiger partial charge on any atom is 0.119 e. The normalized spacial score (nSPS) is 12.1. The number of rotatable bonds is 7. The van der Waals surface area contributed by atoms with Crippen LogP contribution >= 0.6 is 11.6 Å². The van der Waals surface area contributed by atoms with Crippen molar-refractivity contribution in [3.8, 4) is 5.75 Å². The van der Waals surface area contributed by atoms with E-state index >= 15 is 0 Å². The summed E-state index contributed by atoms with van der Waals surface area (Å²) in [7, 11) is 1.96. The van der Waals surface area contributed by atoms with Crippen LogP contribution in [0.25, 0.3) is 0 Å². The lowest BCUT2D eigenvalue weighted by molar-refractivity contribution is 0.296. The van der Waals surface area contributed by atoms with Gasteiger partial charge in [0.2, 0.25) is 0 Å². The van der Waals surface area contributed by atoms with Gasteiger partial charge in [-0.15, -0.1) is 0 Å². The van der Waals surface area contributed by atoms with Crippen molar-refractivity contribution in [3.63, 3.8) is 0 Å². The van der Waals surface area contributed by atoms with Crippen molar-refractivity contribution in [3.05, 3.63) is 65.2 Å². The van der Waals surface area contributed by atoms with Crippen LogP contribution in [0.15, 0.2) is 54.6 Å². The Labute approximate surface area is 125 Å². The first-order valence-corrected chi connectivity index (χ1v) is 7.26. The van der Waals surface area contributed by atoms with Crippen molar-refractivity contribution in [1.82, 2.24) is 5.32 Å². The zero-order valence-electron chi connectivity index (χ0n) is 11.7. The first-order valence-electron chi connectivity index (χ1n) is 6.88. The van der Waals surface area contributed by atoms with Gasteiger partial charge >= 0.3 is 0 Å². The molecule has 0 bridgehead atoms. The summed E-state index contributed by atoms with van der Waals surface area (Å²) in [5.74, 6) is 1.27. The minimum absolute atomic E-state index is 0.359. The predicted molar refractivity (Wildman–Crippen MR) is 84.7 cm³/mol. The molecule has 0 heterocycles. The maximum atomic E-state index is 6.28. The highest BCUT2D eigenvalue weighted by molar-refractivity contribution is 6.31. The average Bonchev–Trinajstić information content (AvgIpc) is 2.48. The molecule has 3 heteroatoms. The van der Waals surface area contributed by atoms with Crippen molar-refractivity contribution in [2.75, 3.05) is 20.2 Å². The fraction of sp³-hybridized carbons (Fsp3) is 0.294. The van der Waals surface area contributed by atoms with Gasteiger partial charge in [0.25, 0.3) is 0 Å². The molecule has 0 aliphatic rings. The second-order valence-corrected chi connectivity index (χ2v) is 5.13. The van der Waals surface area contributed by atoms with Gasteiger partial charge in [-0.3, -0.25) is 0 Å². The molecule has 0 saturated carbocycles. The van der Waals surface area contributed by atoms with Crippen molar-refractivity contribution in [2.45, 2.75) is 12.3 Å². The van der Waals surface area contributed by atoms with Crippen LogP contribution < -0.4 is 10.1 Å².